The van der Waals surface area contributed by atoms with E-state index in [0.29, 0.717) is 24.4 Å². The summed E-state index contributed by atoms with van der Waals surface area (Å²) in [5, 5.41) is 0. The molecule has 0 saturated carbocycles. The Morgan fingerprint density at radius 2 is 1.17 bits per heavy atom. The van der Waals surface area contributed by atoms with E-state index in [1.54, 1.807) is 0 Å². The molecule has 2 heterocycles. The summed E-state index contributed by atoms with van der Waals surface area (Å²) in [7, 11) is 0. The molecule has 4 unspecified atom stereocenters. The standard InChI is InChI=1S/C20H34O3/c1-5-17-19(22-17)13-9-7-11-15(3)21-16(4)12-8-10-14-20-18(6-2)23-20/h17-20H,3-14H2,1-2H3. The first-order chi connectivity index (χ1) is 11.1. The van der Waals surface area contributed by atoms with Gasteiger partial charge >= 0.3 is 0 Å². The zero-order valence-corrected chi connectivity index (χ0v) is 15.0. The highest BCUT2D eigenvalue weighted by atomic mass is 16.6. The Labute approximate surface area is 142 Å². The maximum absolute atomic E-state index is 5.73. The zero-order chi connectivity index (χ0) is 16.7. The van der Waals surface area contributed by atoms with Gasteiger partial charge in [0.05, 0.1) is 35.9 Å². The van der Waals surface area contributed by atoms with Crippen molar-refractivity contribution in [2.75, 3.05) is 0 Å². The van der Waals surface area contributed by atoms with E-state index in [1.807, 2.05) is 0 Å². The Morgan fingerprint density at radius 1 is 0.739 bits per heavy atom. The number of rotatable bonds is 14. The fraction of sp³-hybridized carbons (Fsp3) is 0.800. The van der Waals surface area contributed by atoms with Crippen LogP contribution in [0.4, 0.5) is 0 Å². The molecule has 0 aliphatic carbocycles. The first kappa shape index (κ1) is 18.5. The van der Waals surface area contributed by atoms with E-state index in [9.17, 15) is 0 Å². The van der Waals surface area contributed by atoms with Crippen LogP contribution in [0, 0.1) is 0 Å². The zero-order valence-electron chi connectivity index (χ0n) is 15.0. The van der Waals surface area contributed by atoms with Crippen LogP contribution in [0.15, 0.2) is 24.7 Å². The van der Waals surface area contributed by atoms with Crippen LogP contribution in [0.25, 0.3) is 0 Å². The van der Waals surface area contributed by atoms with Gasteiger partial charge in [0.15, 0.2) is 0 Å². The van der Waals surface area contributed by atoms with Crippen molar-refractivity contribution in [1.29, 1.82) is 0 Å². The Bertz CT molecular complexity index is 354. The predicted octanol–water partition coefficient (Wildman–Crippen LogP) is 5.51. The molecule has 0 aromatic carbocycles. The van der Waals surface area contributed by atoms with Gasteiger partial charge in [0, 0.05) is 12.8 Å². The Kier molecular flexibility index (Phi) is 7.64. The van der Waals surface area contributed by atoms with Gasteiger partial charge < -0.3 is 14.2 Å². The lowest BCUT2D eigenvalue weighted by Crippen LogP contribution is -1.96. The maximum atomic E-state index is 5.73. The fourth-order valence-corrected chi connectivity index (χ4v) is 3.23. The lowest BCUT2D eigenvalue weighted by Gasteiger charge is -2.11. The van der Waals surface area contributed by atoms with E-state index in [0.717, 1.165) is 50.0 Å². The number of ether oxygens (including phenoxy) is 3. The molecule has 2 aliphatic heterocycles. The van der Waals surface area contributed by atoms with Gasteiger partial charge in [-0.1, -0.05) is 39.8 Å². The first-order valence-electron chi connectivity index (χ1n) is 9.48. The molecule has 2 rings (SSSR count). The van der Waals surface area contributed by atoms with E-state index in [1.165, 1.54) is 25.7 Å². The molecular formula is C20H34O3. The van der Waals surface area contributed by atoms with Gasteiger partial charge in [-0.2, -0.15) is 0 Å². The second-order valence-electron chi connectivity index (χ2n) is 6.91. The number of hydrogen-bond donors (Lipinski definition) is 0. The summed E-state index contributed by atoms with van der Waals surface area (Å²) in [4.78, 5) is 0. The summed E-state index contributed by atoms with van der Waals surface area (Å²) < 4.78 is 16.8. The van der Waals surface area contributed by atoms with Crippen LogP contribution >= 0.6 is 0 Å². The molecule has 2 fully saturated rings. The molecular weight excluding hydrogens is 288 g/mol. The van der Waals surface area contributed by atoms with E-state index in [4.69, 9.17) is 14.2 Å². The van der Waals surface area contributed by atoms with Crippen molar-refractivity contribution in [1.82, 2.24) is 0 Å². The molecule has 0 aromatic rings. The summed E-state index contributed by atoms with van der Waals surface area (Å²) in [5.41, 5.74) is 0. The van der Waals surface area contributed by atoms with Crippen molar-refractivity contribution in [3.05, 3.63) is 24.7 Å². The van der Waals surface area contributed by atoms with Crippen molar-refractivity contribution < 1.29 is 14.2 Å². The molecule has 4 atom stereocenters. The molecule has 0 radical (unpaired) electrons. The summed E-state index contributed by atoms with van der Waals surface area (Å²) in [6, 6.07) is 0. The average molecular weight is 322 g/mol. The second kappa shape index (κ2) is 9.48. The Balaban J connectivity index is 1.39. The second-order valence-corrected chi connectivity index (χ2v) is 6.91. The normalized spacial score (nSPS) is 28.4. The third-order valence-electron chi connectivity index (χ3n) is 4.86. The Hall–Kier alpha value is -0.800. The summed E-state index contributed by atoms with van der Waals surface area (Å²) in [6.45, 7) is 12.4. The molecule has 132 valence electrons. The van der Waals surface area contributed by atoms with Crippen LogP contribution in [0.1, 0.15) is 78.1 Å². The molecule has 0 spiro atoms. The van der Waals surface area contributed by atoms with Crippen LogP contribution < -0.4 is 0 Å². The number of unbranched alkanes of at least 4 members (excludes halogenated alkanes) is 2. The molecule has 0 N–H and O–H groups in total. The van der Waals surface area contributed by atoms with Crippen molar-refractivity contribution in [2.45, 2.75) is 102 Å². The quantitative estimate of drug-likeness (QED) is 0.240. The highest BCUT2D eigenvalue weighted by Gasteiger charge is 2.36. The van der Waals surface area contributed by atoms with Gasteiger partial charge in [-0.25, -0.2) is 0 Å². The van der Waals surface area contributed by atoms with Crippen LogP contribution in [0.2, 0.25) is 0 Å². The Morgan fingerprint density at radius 3 is 1.52 bits per heavy atom. The summed E-state index contributed by atoms with van der Waals surface area (Å²) >= 11 is 0. The number of epoxide rings is 2. The number of allylic oxidation sites excluding steroid dienone is 2. The minimum atomic E-state index is 0.520. The van der Waals surface area contributed by atoms with Gasteiger partial charge in [0.25, 0.3) is 0 Å². The van der Waals surface area contributed by atoms with Crippen molar-refractivity contribution in [3.63, 3.8) is 0 Å². The first-order valence-corrected chi connectivity index (χ1v) is 9.48. The van der Waals surface area contributed by atoms with Crippen LogP contribution in [0.3, 0.4) is 0 Å². The van der Waals surface area contributed by atoms with Crippen LogP contribution in [-0.4, -0.2) is 24.4 Å². The molecule has 23 heavy (non-hydrogen) atoms. The van der Waals surface area contributed by atoms with E-state index >= 15 is 0 Å². The fourth-order valence-electron chi connectivity index (χ4n) is 3.23. The van der Waals surface area contributed by atoms with Gasteiger partial charge in [-0.05, 0) is 38.5 Å². The van der Waals surface area contributed by atoms with Gasteiger partial charge in [-0.15, -0.1) is 0 Å². The average Bonchev–Trinajstić information content (AvgIpc) is 3.43. The molecule has 2 aliphatic rings. The van der Waals surface area contributed by atoms with Gasteiger partial charge in [0.2, 0.25) is 0 Å². The van der Waals surface area contributed by atoms with Crippen molar-refractivity contribution in [3.8, 4) is 0 Å². The molecule has 0 bridgehead atoms. The number of hydrogen-bond acceptors (Lipinski definition) is 3. The van der Waals surface area contributed by atoms with E-state index in [2.05, 4.69) is 27.0 Å². The van der Waals surface area contributed by atoms with Crippen LogP contribution in [-0.2, 0) is 14.2 Å². The van der Waals surface area contributed by atoms with Gasteiger partial charge in [-0.3, -0.25) is 0 Å². The van der Waals surface area contributed by atoms with Crippen LogP contribution in [0.5, 0.6) is 0 Å². The van der Waals surface area contributed by atoms with E-state index < -0.39 is 0 Å². The molecule has 3 nitrogen and oxygen atoms in total. The molecule has 0 amide bonds. The molecule has 0 aromatic heterocycles. The monoisotopic (exact) mass is 322 g/mol. The predicted molar refractivity (Wildman–Crippen MR) is 94.2 cm³/mol. The smallest absolute Gasteiger partial charge is 0.0964 e. The van der Waals surface area contributed by atoms with E-state index in [-0.39, 0.29) is 0 Å². The SMILES string of the molecule is C=C(CCCCC1OC1CC)OC(=C)CCCCC1OC1CC. The minimum absolute atomic E-state index is 0.520. The lowest BCUT2D eigenvalue weighted by molar-refractivity contribution is 0.272. The molecule has 3 heteroatoms. The summed E-state index contributed by atoms with van der Waals surface area (Å²) in [5.74, 6) is 1.71. The minimum Gasteiger partial charge on any atom is -0.467 e. The highest BCUT2D eigenvalue weighted by molar-refractivity contribution is 4.94. The lowest BCUT2D eigenvalue weighted by atomic mass is 10.1. The third kappa shape index (κ3) is 7.09. The third-order valence-corrected chi connectivity index (χ3v) is 4.86. The highest BCUT2D eigenvalue weighted by Crippen LogP contribution is 2.31. The van der Waals surface area contributed by atoms with Crippen molar-refractivity contribution >= 4 is 0 Å². The molecule has 2 saturated heterocycles. The largest absolute Gasteiger partial charge is 0.467 e. The topological polar surface area (TPSA) is 34.3 Å². The summed E-state index contributed by atoms with van der Waals surface area (Å²) in [6.07, 6.45) is 13.2. The maximum Gasteiger partial charge on any atom is 0.0964 e. The van der Waals surface area contributed by atoms with Crippen molar-refractivity contribution in [2.24, 2.45) is 0 Å². The van der Waals surface area contributed by atoms with Gasteiger partial charge in [0.1, 0.15) is 0 Å².